The first kappa shape index (κ1) is 17.4. The number of hydrogen-bond donors (Lipinski definition) is 0. The van der Waals surface area contributed by atoms with Crippen LogP contribution in [0, 0.1) is 5.92 Å². The lowest BCUT2D eigenvalue weighted by atomic mass is 9.96. The maximum absolute atomic E-state index is 11.3. The third-order valence-corrected chi connectivity index (χ3v) is 3.57. The Morgan fingerprint density at radius 1 is 1.43 bits per heavy atom. The second-order valence-electron chi connectivity index (χ2n) is 5.62. The van der Waals surface area contributed by atoms with E-state index in [4.69, 9.17) is 4.74 Å². The van der Waals surface area contributed by atoms with Gasteiger partial charge in [-0.1, -0.05) is 33.4 Å². The molecule has 0 saturated heterocycles. The molecule has 1 unspecified atom stereocenters. The average Bonchev–Trinajstić information content (AvgIpc) is 2.48. The Bertz CT molecular complexity index is 483. The minimum atomic E-state index is -0.0380. The van der Waals surface area contributed by atoms with Crippen LogP contribution in [-0.2, 0) is 9.53 Å². The number of nitrogens with zero attached hydrogens (tertiary/aromatic N) is 1. The summed E-state index contributed by atoms with van der Waals surface area (Å²) in [6.07, 6.45) is 7.38. The number of carbonyl (C=O) groups excluding carboxylic acids is 1. The molecule has 0 aromatic heterocycles. The molecule has 0 N–H and O–H groups in total. The van der Waals surface area contributed by atoms with E-state index in [1.165, 1.54) is 0 Å². The van der Waals surface area contributed by atoms with Crippen molar-refractivity contribution in [2.45, 2.75) is 47.1 Å². The summed E-state index contributed by atoms with van der Waals surface area (Å²) in [5.74, 6) is 0.475. The maximum atomic E-state index is 11.3. The van der Waals surface area contributed by atoms with Gasteiger partial charge in [-0.25, -0.2) is 0 Å². The van der Waals surface area contributed by atoms with Crippen LogP contribution in [0.25, 0.3) is 0 Å². The van der Waals surface area contributed by atoms with E-state index in [9.17, 15) is 4.79 Å². The van der Waals surface area contributed by atoms with Gasteiger partial charge in [0.15, 0.2) is 0 Å². The molecule has 1 aliphatic rings. The zero-order chi connectivity index (χ0) is 16.0. The second kappa shape index (κ2) is 7.99. The molecule has 0 spiro atoms. The molecule has 0 amide bonds. The number of ether oxygens (including phenoxy) is 1. The zero-order valence-corrected chi connectivity index (χ0v) is 13.8. The van der Waals surface area contributed by atoms with E-state index in [-0.39, 0.29) is 6.10 Å². The molecule has 1 rings (SSSR count). The van der Waals surface area contributed by atoms with Gasteiger partial charge in [-0.15, -0.1) is 0 Å². The van der Waals surface area contributed by atoms with Gasteiger partial charge in [0.1, 0.15) is 6.29 Å². The monoisotopic (exact) mass is 289 g/mol. The van der Waals surface area contributed by atoms with Gasteiger partial charge in [0.25, 0.3) is 0 Å². The number of allylic oxidation sites excluding steroid dienone is 4. The minimum absolute atomic E-state index is 0.0380. The highest BCUT2D eigenvalue weighted by molar-refractivity contribution is 5.82. The Hall–Kier alpha value is -1.61. The molecule has 0 saturated carbocycles. The van der Waals surface area contributed by atoms with E-state index < -0.39 is 0 Å². The molecular formula is C18H27NO2. The fraction of sp³-hybridized carbons (Fsp3) is 0.500. The van der Waals surface area contributed by atoms with Gasteiger partial charge >= 0.3 is 0 Å². The summed E-state index contributed by atoms with van der Waals surface area (Å²) in [5.41, 5.74) is 3.65. The lowest BCUT2D eigenvalue weighted by Gasteiger charge is -2.35. The maximum Gasteiger partial charge on any atom is 0.150 e. The largest absolute Gasteiger partial charge is 0.372 e. The topological polar surface area (TPSA) is 29.5 Å². The van der Waals surface area contributed by atoms with Crippen LogP contribution in [-0.4, -0.2) is 23.9 Å². The van der Waals surface area contributed by atoms with Gasteiger partial charge in [-0.3, -0.25) is 4.79 Å². The first-order chi connectivity index (χ1) is 9.99. The number of rotatable bonds is 7. The Labute approximate surface area is 128 Å². The van der Waals surface area contributed by atoms with Crippen LogP contribution >= 0.6 is 0 Å². The fourth-order valence-corrected chi connectivity index (χ4v) is 2.45. The second-order valence-corrected chi connectivity index (χ2v) is 5.62. The predicted octanol–water partition coefficient (Wildman–Crippen LogP) is 4.20. The van der Waals surface area contributed by atoms with Gasteiger partial charge < -0.3 is 9.64 Å². The van der Waals surface area contributed by atoms with Crippen molar-refractivity contribution < 1.29 is 9.53 Å². The van der Waals surface area contributed by atoms with Crippen LogP contribution in [0.1, 0.15) is 41.0 Å². The first-order valence-corrected chi connectivity index (χ1v) is 7.57. The number of carbonyl (C=O) groups is 1. The Morgan fingerprint density at radius 2 is 2.10 bits per heavy atom. The lowest BCUT2D eigenvalue weighted by Crippen LogP contribution is -2.31. The van der Waals surface area contributed by atoms with E-state index >= 15 is 0 Å². The van der Waals surface area contributed by atoms with Crippen molar-refractivity contribution in [2.75, 3.05) is 6.61 Å². The molecular weight excluding hydrogens is 262 g/mol. The average molecular weight is 289 g/mol. The molecule has 116 valence electrons. The van der Waals surface area contributed by atoms with Crippen LogP contribution in [0.2, 0.25) is 0 Å². The standard InChI is InChI=1S/C18H27NO2/c1-7-16-10-15(11-20)14(6)18(19(16)9-3)17(8-2)21-12-13(4)5/h7,9-11,13,17H,3,8,12H2,1-2,4-6H3/b16-7-. The van der Waals surface area contributed by atoms with Gasteiger partial charge in [-0.05, 0) is 37.8 Å². The Balaban J connectivity index is 3.26. The fourth-order valence-electron chi connectivity index (χ4n) is 2.45. The SMILES string of the molecule is C=CN1C(C(CC)OCC(C)C)=C(C)C(C=O)=C/C1=C/C. The molecule has 0 bridgehead atoms. The summed E-state index contributed by atoms with van der Waals surface area (Å²) < 4.78 is 6.06. The summed E-state index contributed by atoms with van der Waals surface area (Å²) in [6.45, 7) is 14.9. The molecule has 1 heterocycles. The number of hydrogen-bond acceptors (Lipinski definition) is 3. The van der Waals surface area contributed by atoms with Crippen molar-refractivity contribution in [3.63, 3.8) is 0 Å². The van der Waals surface area contributed by atoms with E-state index in [2.05, 4.69) is 27.4 Å². The van der Waals surface area contributed by atoms with Crippen molar-refractivity contribution >= 4 is 6.29 Å². The molecule has 0 fully saturated rings. The summed E-state index contributed by atoms with van der Waals surface area (Å²) in [5, 5.41) is 0. The molecule has 0 aromatic carbocycles. The lowest BCUT2D eigenvalue weighted by molar-refractivity contribution is -0.104. The molecule has 21 heavy (non-hydrogen) atoms. The van der Waals surface area contributed by atoms with Gasteiger partial charge in [0.2, 0.25) is 0 Å². The highest BCUT2D eigenvalue weighted by Gasteiger charge is 2.27. The molecule has 0 aromatic rings. The summed E-state index contributed by atoms with van der Waals surface area (Å²) >= 11 is 0. The van der Waals surface area contributed by atoms with Crippen molar-refractivity contribution in [1.29, 1.82) is 0 Å². The van der Waals surface area contributed by atoms with Crippen molar-refractivity contribution in [3.05, 3.63) is 47.5 Å². The third-order valence-electron chi connectivity index (χ3n) is 3.57. The van der Waals surface area contributed by atoms with E-state index in [0.717, 1.165) is 29.7 Å². The minimum Gasteiger partial charge on any atom is -0.372 e. The molecule has 3 heteroatoms. The van der Waals surface area contributed by atoms with E-state index in [0.29, 0.717) is 18.1 Å². The molecule has 0 radical (unpaired) electrons. The van der Waals surface area contributed by atoms with Crippen LogP contribution in [0.15, 0.2) is 47.5 Å². The van der Waals surface area contributed by atoms with Gasteiger partial charge in [0, 0.05) is 24.1 Å². The third kappa shape index (κ3) is 3.94. The Morgan fingerprint density at radius 3 is 2.52 bits per heavy atom. The molecule has 1 aliphatic heterocycles. The van der Waals surface area contributed by atoms with Crippen molar-refractivity contribution in [1.82, 2.24) is 4.90 Å². The van der Waals surface area contributed by atoms with Crippen LogP contribution in [0.4, 0.5) is 0 Å². The quantitative estimate of drug-likeness (QED) is 0.658. The Kier molecular flexibility index (Phi) is 6.63. The zero-order valence-electron chi connectivity index (χ0n) is 13.8. The normalized spacial score (nSPS) is 19.0. The molecule has 1 atom stereocenters. The highest BCUT2D eigenvalue weighted by Crippen LogP contribution is 2.32. The number of aldehydes is 1. The van der Waals surface area contributed by atoms with Gasteiger partial charge in [-0.2, -0.15) is 0 Å². The van der Waals surface area contributed by atoms with Gasteiger partial charge in [0.05, 0.1) is 11.8 Å². The molecule has 3 nitrogen and oxygen atoms in total. The van der Waals surface area contributed by atoms with Crippen LogP contribution in [0.3, 0.4) is 0 Å². The predicted molar refractivity (Wildman–Crippen MR) is 87.5 cm³/mol. The smallest absolute Gasteiger partial charge is 0.150 e. The van der Waals surface area contributed by atoms with E-state index in [1.807, 2.05) is 30.9 Å². The summed E-state index contributed by atoms with van der Waals surface area (Å²) in [6, 6.07) is 0. The first-order valence-electron chi connectivity index (χ1n) is 7.57. The van der Waals surface area contributed by atoms with Crippen molar-refractivity contribution in [3.8, 4) is 0 Å². The van der Waals surface area contributed by atoms with Crippen molar-refractivity contribution in [2.24, 2.45) is 5.92 Å². The molecule has 0 aliphatic carbocycles. The van der Waals surface area contributed by atoms with Crippen LogP contribution < -0.4 is 0 Å². The van der Waals surface area contributed by atoms with Crippen LogP contribution in [0.5, 0.6) is 0 Å². The van der Waals surface area contributed by atoms with E-state index in [1.54, 1.807) is 6.20 Å². The summed E-state index contributed by atoms with van der Waals surface area (Å²) in [7, 11) is 0. The summed E-state index contributed by atoms with van der Waals surface area (Å²) in [4.78, 5) is 13.4. The highest BCUT2D eigenvalue weighted by atomic mass is 16.5.